The second kappa shape index (κ2) is 4.37. The average Bonchev–Trinajstić information content (AvgIpc) is 2.58. The fourth-order valence-electron chi connectivity index (χ4n) is 1.92. The largest absolute Gasteiger partial charge is 0.440 e. The van der Waals surface area contributed by atoms with E-state index in [9.17, 15) is 4.79 Å². The Morgan fingerprint density at radius 2 is 2.06 bits per heavy atom. The highest BCUT2D eigenvalue weighted by Gasteiger charge is 2.40. The van der Waals surface area contributed by atoms with Crippen molar-refractivity contribution in [3.05, 3.63) is 35.4 Å². The summed E-state index contributed by atoms with van der Waals surface area (Å²) in [7, 11) is 0. The van der Waals surface area contributed by atoms with Crippen molar-refractivity contribution in [3.63, 3.8) is 0 Å². The molecule has 1 amide bonds. The number of cyclic esters (lactones) is 1. The minimum Gasteiger partial charge on any atom is -0.440 e. The van der Waals surface area contributed by atoms with Crippen LogP contribution in [0.3, 0.4) is 0 Å². The van der Waals surface area contributed by atoms with E-state index in [1.807, 2.05) is 38.1 Å². The minimum absolute atomic E-state index is 0.279. The van der Waals surface area contributed by atoms with Crippen molar-refractivity contribution in [3.8, 4) is 0 Å². The molecule has 1 saturated heterocycles. The van der Waals surface area contributed by atoms with Crippen LogP contribution in [-0.2, 0) is 11.3 Å². The Bertz CT molecular complexity index is 416. The molecule has 2 rings (SSSR count). The normalized spacial score (nSPS) is 23.9. The second-order valence-corrected chi connectivity index (χ2v) is 4.86. The molecule has 0 spiro atoms. The van der Waals surface area contributed by atoms with Gasteiger partial charge < -0.3 is 10.5 Å². The van der Waals surface area contributed by atoms with Gasteiger partial charge in [-0.25, -0.2) is 4.79 Å². The van der Waals surface area contributed by atoms with E-state index in [1.165, 1.54) is 5.56 Å². The first kappa shape index (κ1) is 11.9. The van der Waals surface area contributed by atoms with Crippen molar-refractivity contribution in [1.82, 2.24) is 4.90 Å². The molecule has 4 nitrogen and oxygen atoms in total. The monoisotopic (exact) mass is 234 g/mol. The van der Waals surface area contributed by atoms with Crippen LogP contribution in [0.15, 0.2) is 24.3 Å². The summed E-state index contributed by atoms with van der Waals surface area (Å²) in [4.78, 5) is 13.4. The van der Waals surface area contributed by atoms with Gasteiger partial charge in [-0.2, -0.15) is 0 Å². The van der Waals surface area contributed by atoms with E-state index in [-0.39, 0.29) is 6.09 Å². The van der Waals surface area contributed by atoms with Crippen LogP contribution < -0.4 is 5.73 Å². The van der Waals surface area contributed by atoms with E-state index in [1.54, 1.807) is 4.90 Å². The topological polar surface area (TPSA) is 55.6 Å². The number of hydrogen-bond donors (Lipinski definition) is 1. The lowest BCUT2D eigenvalue weighted by Gasteiger charge is -2.19. The third-order valence-electron chi connectivity index (χ3n) is 3.04. The van der Waals surface area contributed by atoms with Gasteiger partial charge in [-0.05, 0) is 19.4 Å². The van der Waals surface area contributed by atoms with Crippen LogP contribution in [0.1, 0.15) is 18.1 Å². The number of carbonyl (C=O) groups is 1. The number of hydrogen-bond acceptors (Lipinski definition) is 3. The molecule has 1 heterocycles. The van der Waals surface area contributed by atoms with E-state index < -0.39 is 5.60 Å². The fourth-order valence-corrected chi connectivity index (χ4v) is 1.92. The third kappa shape index (κ3) is 2.58. The highest BCUT2D eigenvalue weighted by atomic mass is 16.6. The third-order valence-corrected chi connectivity index (χ3v) is 3.04. The Balaban J connectivity index is 2.05. The summed E-state index contributed by atoms with van der Waals surface area (Å²) in [5, 5.41) is 0. The lowest BCUT2D eigenvalue weighted by molar-refractivity contribution is 0.0781. The molecule has 1 unspecified atom stereocenters. The molecule has 1 aromatic carbocycles. The molecular weight excluding hydrogens is 216 g/mol. The summed E-state index contributed by atoms with van der Waals surface area (Å²) in [6, 6.07) is 8.14. The molecule has 0 radical (unpaired) electrons. The van der Waals surface area contributed by atoms with E-state index in [0.717, 1.165) is 5.56 Å². The lowest BCUT2D eigenvalue weighted by Crippen LogP contribution is -2.38. The first-order valence-electron chi connectivity index (χ1n) is 5.76. The molecule has 1 aliphatic heterocycles. The Kier molecular flexibility index (Phi) is 3.07. The number of aryl methyl sites for hydroxylation is 1. The number of carbonyl (C=O) groups excluding carboxylic acids is 1. The molecular formula is C13H18N2O2. The van der Waals surface area contributed by atoms with Crippen LogP contribution in [0, 0.1) is 6.92 Å². The Hall–Kier alpha value is -1.55. The Morgan fingerprint density at radius 1 is 1.41 bits per heavy atom. The number of nitrogens with two attached hydrogens (primary N) is 1. The van der Waals surface area contributed by atoms with Gasteiger partial charge in [0.25, 0.3) is 0 Å². The highest BCUT2D eigenvalue weighted by molar-refractivity contribution is 5.70. The van der Waals surface area contributed by atoms with Gasteiger partial charge in [-0.15, -0.1) is 0 Å². The lowest BCUT2D eigenvalue weighted by atomic mass is 10.1. The van der Waals surface area contributed by atoms with Crippen LogP contribution in [0.25, 0.3) is 0 Å². The molecule has 0 aliphatic carbocycles. The zero-order chi connectivity index (χ0) is 12.5. The van der Waals surface area contributed by atoms with Gasteiger partial charge in [0.15, 0.2) is 0 Å². The fraction of sp³-hybridized carbons (Fsp3) is 0.462. The highest BCUT2D eigenvalue weighted by Crippen LogP contribution is 2.23. The molecule has 0 aromatic heterocycles. The summed E-state index contributed by atoms with van der Waals surface area (Å²) in [5.41, 5.74) is 7.38. The molecule has 0 bridgehead atoms. The SMILES string of the molecule is Cc1ccc(CN2CC(C)(CN)OC2=O)cc1. The standard InChI is InChI=1S/C13H18N2O2/c1-10-3-5-11(6-4-10)7-15-9-13(2,8-14)17-12(15)16/h3-6H,7-9,14H2,1-2H3. The van der Waals surface area contributed by atoms with E-state index in [0.29, 0.717) is 19.6 Å². The molecule has 1 atom stereocenters. The van der Waals surface area contributed by atoms with Crippen molar-refractivity contribution in [2.24, 2.45) is 5.73 Å². The Labute approximate surface area is 101 Å². The first-order chi connectivity index (χ1) is 8.02. The number of ether oxygens (including phenoxy) is 1. The average molecular weight is 234 g/mol. The van der Waals surface area contributed by atoms with Crippen molar-refractivity contribution >= 4 is 6.09 Å². The van der Waals surface area contributed by atoms with E-state index in [2.05, 4.69) is 0 Å². The van der Waals surface area contributed by atoms with Crippen LogP contribution >= 0.6 is 0 Å². The van der Waals surface area contributed by atoms with Gasteiger partial charge >= 0.3 is 6.09 Å². The number of rotatable bonds is 3. The van der Waals surface area contributed by atoms with Crippen molar-refractivity contribution in [2.75, 3.05) is 13.1 Å². The second-order valence-electron chi connectivity index (χ2n) is 4.86. The number of nitrogens with zero attached hydrogens (tertiary/aromatic N) is 1. The summed E-state index contributed by atoms with van der Waals surface area (Å²) >= 11 is 0. The van der Waals surface area contributed by atoms with Crippen molar-refractivity contribution in [2.45, 2.75) is 26.0 Å². The maximum absolute atomic E-state index is 11.7. The maximum atomic E-state index is 11.7. The van der Waals surface area contributed by atoms with Crippen molar-refractivity contribution in [1.29, 1.82) is 0 Å². The van der Waals surface area contributed by atoms with Crippen LogP contribution in [0.5, 0.6) is 0 Å². The molecule has 4 heteroatoms. The van der Waals surface area contributed by atoms with Crippen molar-refractivity contribution < 1.29 is 9.53 Å². The Morgan fingerprint density at radius 3 is 2.59 bits per heavy atom. The van der Waals surface area contributed by atoms with Gasteiger partial charge in [0, 0.05) is 13.1 Å². The predicted molar refractivity (Wildman–Crippen MR) is 65.5 cm³/mol. The van der Waals surface area contributed by atoms with Gasteiger partial charge in [-0.3, -0.25) is 4.90 Å². The summed E-state index contributed by atoms with van der Waals surface area (Å²) in [5.74, 6) is 0. The predicted octanol–water partition coefficient (Wildman–Crippen LogP) is 1.66. The quantitative estimate of drug-likeness (QED) is 0.865. The van der Waals surface area contributed by atoms with Gasteiger partial charge in [0.05, 0.1) is 6.54 Å². The van der Waals surface area contributed by atoms with E-state index >= 15 is 0 Å². The zero-order valence-corrected chi connectivity index (χ0v) is 10.3. The smallest absolute Gasteiger partial charge is 0.410 e. The molecule has 17 heavy (non-hydrogen) atoms. The number of amides is 1. The van der Waals surface area contributed by atoms with E-state index in [4.69, 9.17) is 10.5 Å². The molecule has 1 fully saturated rings. The maximum Gasteiger partial charge on any atom is 0.410 e. The summed E-state index contributed by atoms with van der Waals surface area (Å²) in [6.07, 6.45) is -0.279. The van der Waals surface area contributed by atoms with Crippen LogP contribution in [0.4, 0.5) is 4.79 Å². The van der Waals surface area contributed by atoms with Gasteiger partial charge in [0.1, 0.15) is 5.60 Å². The van der Waals surface area contributed by atoms with Gasteiger partial charge in [0.2, 0.25) is 0 Å². The van der Waals surface area contributed by atoms with Crippen LogP contribution in [-0.4, -0.2) is 29.7 Å². The molecule has 0 saturated carbocycles. The van der Waals surface area contributed by atoms with Crippen LogP contribution in [0.2, 0.25) is 0 Å². The zero-order valence-electron chi connectivity index (χ0n) is 10.3. The molecule has 2 N–H and O–H groups in total. The summed E-state index contributed by atoms with van der Waals surface area (Å²) < 4.78 is 5.27. The first-order valence-corrected chi connectivity index (χ1v) is 5.76. The minimum atomic E-state index is -0.540. The summed E-state index contributed by atoms with van der Waals surface area (Å²) in [6.45, 7) is 5.38. The molecule has 1 aromatic rings. The number of benzene rings is 1. The van der Waals surface area contributed by atoms with Gasteiger partial charge in [-0.1, -0.05) is 29.8 Å². The molecule has 92 valence electrons. The molecule has 1 aliphatic rings.